The Balaban J connectivity index is 2.27. The second kappa shape index (κ2) is 7.22. The van der Waals surface area contributed by atoms with Gasteiger partial charge in [-0.05, 0) is 30.7 Å². The van der Waals surface area contributed by atoms with Crippen molar-refractivity contribution in [2.75, 3.05) is 7.11 Å². The number of methoxy groups -OCH3 is 1. The fourth-order valence-corrected chi connectivity index (χ4v) is 2.39. The molecule has 0 bridgehead atoms. The zero-order chi connectivity index (χ0) is 16.1. The molecule has 2 aromatic rings. The molecule has 0 spiro atoms. The monoisotopic (exact) mass is 320 g/mol. The molecule has 116 valence electrons. The lowest BCUT2D eigenvalue weighted by atomic mass is 10.1. The van der Waals surface area contributed by atoms with E-state index in [0.717, 1.165) is 10.9 Å². The lowest BCUT2D eigenvalue weighted by molar-refractivity contribution is -0.141. The van der Waals surface area contributed by atoms with Gasteiger partial charge in [-0.25, -0.2) is 0 Å². The van der Waals surface area contributed by atoms with Gasteiger partial charge in [-0.3, -0.25) is 14.6 Å². The van der Waals surface area contributed by atoms with Crippen LogP contribution in [0.1, 0.15) is 31.5 Å². The molecule has 6 heteroatoms. The highest BCUT2D eigenvalue weighted by molar-refractivity contribution is 6.31. The second-order valence-corrected chi connectivity index (χ2v) is 5.38. The maximum Gasteiger partial charge on any atom is 0.305 e. The Morgan fingerprint density at radius 3 is 2.77 bits per heavy atom. The van der Waals surface area contributed by atoms with Crippen molar-refractivity contribution in [2.45, 2.75) is 25.8 Å². The molecule has 2 rings (SSSR count). The molecule has 1 aromatic carbocycles. The van der Waals surface area contributed by atoms with E-state index in [1.165, 1.54) is 14.0 Å². The number of amides is 1. The van der Waals surface area contributed by atoms with Crippen LogP contribution in [0.15, 0.2) is 30.3 Å². The number of benzene rings is 1. The Labute approximate surface area is 133 Å². The highest BCUT2D eigenvalue weighted by atomic mass is 35.5. The van der Waals surface area contributed by atoms with E-state index in [9.17, 15) is 9.59 Å². The van der Waals surface area contributed by atoms with Crippen LogP contribution in [0.4, 0.5) is 0 Å². The minimum atomic E-state index is -0.336. The van der Waals surface area contributed by atoms with E-state index >= 15 is 0 Å². The third-order valence-electron chi connectivity index (χ3n) is 3.27. The Morgan fingerprint density at radius 1 is 1.32 bits per heavy atom. The molecule has 0 unspecified atom stereocenters. The molecule has 22 heavy (non-hydrogen) atoms. The molecule has 0 fully saturated rings. The van der Waals surface area contributed by atoms with Crippen molar-refractivity contribution in [3.8, 4) is 0 Å². The van der Waals surface area contributed by atoms with E-state index in [0.29, 0.717) is 17.1 Å². The summed E-state index contributed by atoms with van der Waals surface area (Å²) in [6.07, 6.45) is 0.639. The standard InChI is InChI=1S/C16H17ClN2O3/c1-10(20)18-14(7-8-16(21)22-2)15-5-3-11-9-12(17)4-6-13(11)19-15/h3-6,9,14H,7-8H2,1-2H3,(H,18,20)/t14-/m0/s1. The molecule has 0 aliphatic rings. The summed E-state index contributed by atoms with van der Waals surface area (Å²) in [4.78, 5) is 27.2. The molecule has 5 nitrogen and oxygen atoms in total. The van der Waals surface area contributed by atoms with Crippen LogP contribution in [0.3, 0.4) is 0 Å². The third-order valence-corrected chi connectivity index (χ3v) is 3.51. The fourth-order valence-electron chi connectivity index (χ4n) is 2.21. The van der Waals surface area contributed by atoms with Crippen molar-refractivity contribution in [3.63, 3.8) is 0 Å². The summed E-state index contributed by atoms with van der Waals surface area (Å²) < 4.78 is 4.64. The molecule has 1 amide bonds. The summed E-state index contributed by atoms with van der Waals surface area (Å²) in [5.41, 5.74) is 1.49. The number of nitrogens with one attached hydrogen (secondary N) is 1. The number of hydrogen-bond acceptors (Lipinski definition) is 4. The van der Waals surface area contributed by atoms with Crippen LogP contribution in [0, 0.1) is 0 Å². The van der Waals surface area contributed by atoms with Gasteiger partial charge in [-0.1, -0.05) is 17.7 Å². The number of pyridine rings is 1. The zero-order valence-corrected chi connectivity index (χ0v) is 13.2. The van der Waals surface area contributed by atoms with Crippen LogP contribution >= 0.6 is 11.6 Å². The van der Waals surface area contributed by atoms with Gasteiger partial charge in [0, 0.05) is 23.8 Å². The Morgan fingerprint density at radius 2 is 2.09 bits per heavy atom. The highest BCUT2D eigenvalue weighted by Crippen LogP contribution is 2.22. The first-order valence-electron chi connectivity index (χ1n) is 6.89. The number of fused-ring (bicyclic) bond motifs is 1. The molecule has 0 saturated heterocycles. The largest absolute Gasteiger partial charge is 0.469 e. The van der Waals surface area contributed by atoms with E-state index in [1.807, 2.05) is 24.3 Å². The fraction of sp³-hybridized carbons (Fsp3) is 0.312. The van der Waals surface area contributed by atoms with Crippen LogP contribution in [-0.2, 0) is 14.3 Å². The lowest BCUT2D eigenvalue weighted by Gasteiger charge is -2.17. The van der Waals surface area contributed by atoms with Crippen molar-refractivity contribution in [1.29, 1.82) is 0 Å². The van der Waals surface area contributed by atoms with E-state index in [1.54, 1.807) is 6.07 Å². The van der Waals surface area contributed by atoms with Crippen molar-refractivity contribution in [1.82, 2.24) is 10.3 Å². The number of aromatic nitrogens is 1. The van der Waals surface area contributed by atoms with Crippen molar-refractivity contribution in [3.05, 3.63) is 41.0 Å². The minimum absolute atomic E-state index is 0.173. The summed E-state index contributed by atoms with van der Waals surface area (Å²) >= 11 is 5.95. The van der Waals surface area contributed by atoms with Gasteiger partial charge in [0.15, 0.2) is 0 Å². The van der Waals surface area contributed by atoms with Crippen LogP contribution in [0.5, 0.6) is 0 Å². The van der Waals surface area contributed by atoms with Crippen molar-refractivity contribution in [2.24, 2.45) is 0 Å². The van der Waals surface area contributed by atoms with Gasteiger partial charge in [0.25, 0.3) is 0 Å². The molecule has 1 atom stereocenters. The number of carbonyl (C=O) groups excluding carboxylic acids is 2. The molecule has 0 saturated carbocycles. The summed E-state index contributed by atoms with van der Waals surface area (Å²) in [6.45, 7) is 1.44. The molecule has 1 aromatic heterocycles. The van der Waals surface area contributed by atoms with Crippen LogP contribution in [0.2, 0.25) is 5.02 Å². The van der Waals surface area contributed by atoms with E-state index in [2.05, 4.69) is 15.0 Å². The quantitative estimate of drug-likeness (QED) is 0.860. The first-order valence-corrected chi connectivity index (χ1v) is 7.27. The number of carbonyl (C=O) groups is 2. The first kappa shape index (κ1) is 16.2. The summed E-state index contributed by atoms with van der Waals surface area (Å²) in [6, 6.07) is 8.81. The van der Waals surface area contributed by atoms with Gasteiger partial charge in [-0.15, -0.1) is 0 Å². The van der Waals surface area contributed by atoms with E-state index in [4.69, 9.17) is 11.6 Å². The Hall–Kier alpha value is -2.14. The number of nitrogens with zero attached hydrogens (tertiary/aromatic N) is 1. The van der Waals surface area contributed by atoms with Crippen LogP contribution < -0.4 is 5.32 Å². The topological polar surface area (TPSA) is 68.3 Å². The second-order valence-electron chi connectivity index (χ2n) is 4.94. The smallest absolute Gasteiger partial charge is 0.305 e. The number of rotatable bonds is 5. The maximum absolute atomic E-state index is 11.4. The molecule has 0 aliphatic heterocycles. The molecule has 0 radical (unpaired) electrons. The summed E-state index contributed by atoms with van der Waals surface area (Å²) in [5.74, 6) is -0.490. The predicted molar refractivity (Wildman–Crippen MR) is 84.6 cm³/mol. The van der Waals surface area contributed by atoms with Crippen molar-refractivity contribution >= 4 is 34.4 Å². The average Bonchev–Trinajstić information content (AvgIpc) is 2.50. The maximum atomic E-state index is 11.4. The van der Waals surface area contributed by atoms with Gasteiger partial charge in [-0.2, -0.15) is 0 Å². The van der Waals surface area contributed by atoms with Gasteiger partial charge in [0.1, 0.15) is 0 Å². The van der Waals surface area contributed by atoms with Crippen molar-refractivity contribution < 1.29 is 14.3 Å². The first-order chi connectivity index (χ1) is 10.5. The number of ether oxygens (including phenoxy) is 1. The zero-order valence-electron chi connectivity index (χ0n) is 12.4. The molecule has 1 N–H and O–H groups in total. The summed E-state index contributed by atoms with van der Waals surface area (Å²) in [5, 5.41) is 4.38. The van der Waals surface area contributed by atoms with Gasteiger partial charge in [0.2, 0.25) is 5.91 Å². The number of esters is 1. The van der Waals surface area contributed by atoms with Gasteiger partial charge < -0.3 is 10.1 Å². The van der Waals surface area contributed by atoms with Crippen LogP contribution in [0.25, 0.3) is 10.9 Å². The molecule has 1 heterocycles. The van der Waals surface area contributed by atoms with Gasteiger partial charge in [0.05, 0.1) is 24.4 Å². The molecular formula is C16H17ClN2O3. The van der Waals surface area contributed by atoms with E-state index in [-0.39, 0.29) is 24.3 Å². The predicted octanol–water partition coefficient (Wildman–Crippen LogP) is 3.02. The van der Waals surface area contributed by atoms with Crippen LogP contribution in [-0.4, -0.2) is 24.0 Å². The Bertz CT molecular complexity index is 703. The molecular weight excluding hydrogens is 304 g/mol. The SMILES string of the molecule is COC(=O)CC[C@H](NC(C)=O)c1ccc2cc(Cl)ccc2n1. The molecule has 0 aliphatic carbocycles. The summed E-state index contributed by atoms with van der Waals surface area (Å²) in [7, 11) is 1.34. The van der Waals surface area contributed by atoms with E-state index < -0.39 is 0 Å². The normalized spacial score (nSPS) is 12.0. The van der Waals surface area contributed by atoms with Gasteiger partial charge >= 0.3 is 5.97 Å². The average molecular weight is 321 g/mol. The minimum Gasteiger partial charge on any atom is -0.469 e. The number of halogens is 1. The Kier molecular flexibility index (Phi) is 5.33. The third kappa shape index (κ3) is 4.18. The number of hydrogen-bond donors (Lipinski definition) is 1. The lowest BCUT2D eigenvalue weighted by Crippen LogP contribution is -2.27. The highest BCUT2D eigenvalue weighted by Gasteiger charge is 2.16.